The number of rotatable bonds is 3. The largest absolute Gasteiger partial charge is 0.375 e. The summed E-state index contributed by atoms with van der Waals surface area (Å²) >= 11 is 0. The molecule has 4 nitrogen and oxygen atoms in total. The molecule has 1 heterocycles. The number of hydrogen-bond acceptors (Lipinski definition) is 3. The second-order valence-electron chi connectivity index (χ2n) is 2.41. The number of methoxy groups -OCH3 is 1. The summed E-state index contributed by atoms with van der Waals surface area (Å²) in [6.45, 7) is 0.488. The first kappa shape index (κ1) is 8.23. The van der Waals surface area contributed by atoms with Crippen molar-refractivity contribution in [3.05, 3.63) is 18.0 Å². The molecule has 1 unspecified atom stereocenters. The first-order valence-electron chi connectivity index (χ1n) is 3.49. The van der Waals surface area contributed by atoms with Crippen LogP contribution < -0.4 is 5.73 Å². The first-order valence-corrected chi connectivity index (χ1v) is 3.49. The van der Waals surface area contributed by atoms with Gasteiger partial charge in [-0.1, -0.05) is 0 Å². The summed E-state index contributed by atoms with van der Waals surface area (Å²) < 4.78 is 6.85. The number of nitrogens with two attached hydrogens (primary N) is 1. The minimum absolute atomic E-state index is 0.0244. The average Bonchev–Trinajstić information content (AvgIpc) is 2.39. The van der Waals surface area contributed by atoms with Gasteiger partial charge in [0, 0.05) is 32.5 Å². The Balaban J connectivity index is 2.73. The van der Waals surface area contributed by atoms with Crippen molar-refractivity contribution in [3.63, 3.8) is 0 Å². The molecule has 0 aliphatic carbocycles. The van der Waals surface area contributed by atoms with Gasteiger partial charge in [0.2, 0.25) is 0 Å². The van der Waals surface area contributed by atoms with Crippen LogP contribution >= 0.6 is 0 Å². The summed E-state index contributed by atoms with van der Waals surface area (Å²) in [5.74, 6) is 0. The van der Waals surface area contributed by atoms with Crippen LogP contribution in [0.4, 0.5) is 0 Å². The fourth-order valence-electron chi connectivity index (χ4n) is 0.975. The van der Waals surface area contributed by atoms with Crippen molar-refractivity contribution in [2.75, 3.05) is 13.7 Å². The van der Waals surface area contributed by atoms with E-state index in [-0.39, 0.29) is 6.10 Å². The van der Waals surface area contributed by atoms with Gasteiger partial charge in [-0.15, -0.1) is 0 Å². The zero-order valence-corrected chi connectivity index (χ0v) is 6.82. The molecule has 0 aromatic carbocycles. The molecular formula is C7H13N3O. The maximum atomic E-state index is 5.46. The molecule has 1 aromatic heterocycles. The summed E-state index contributed by atoms with van der Waals surface area (Å²) in [6.07, 6.45) is 3.64. The van der Waals surface area contributed by atoms with Gasteiger partial charge in [0.05, 0.1) is 12.3 Å². The Hall–Kier alpha value is -0.870. The van der Waals surface area contributed by atoms with E-state index in [1.165, 1.54) is 0 Å². The quantitative estimate of drug-likeness (QED) is 0.671. The number of hydrogen-bond donors (Lipinski definition) is 1. The highest BCUT2D eigenvalue weighted by atomic mass is 16.5. The van der Waals surface area contributed by atoms with Crippen molar-refractivity contribution in [1.29, 1.82) is 0 Å². The number of nitrogens with zero attached hydrogens (tertiary/aromatic N) is 2. The zero-order valence-electron chi connectivity index (χ0n) is 6.82. The van der Waals surface area contributed by atoms with E-state index in [0.29, 0.717) is 6.54 Å². The van der Waals surface area contributed by atoms with E-state index in [9.17, 15) is 0 Å². The highest BCUT2D eigenvalue weighted by Crippen LogP contribution is 2.12. The zero-order chi connectivity index (χ0) is 8.27. The Morgan fingerprint density at radius 3 is 2.91 bits per heavy atom. The Bertz CT molecular complexity index is 217. The molecule has 0 saturated carbocycles. The topological polar surface area (TPSA) is 53.1 Å². The molecule has 4 heteroatoms. The van der Waals surface area contributed by atoms with Gasteiger partial charge in [-0.3, -0.25) is 4.68 Å². The Morgan fingerprint density at radius 2 is 2.55 bits per heavy atom. The molecule has 2 N–H and O–H groups in total. The minimum atomic E-state index is -0.0244. The SMILES string of the molecule is COC(CN)c1cnn(C)c1. The molecule has 0 aliphatic rings. The molecule has 0 radical (unpaired) electrons. The lowest BCUT2D eigenvalue weighted by Crippen LogP contribution is -2.13. The lowest BCUT2D eigenvalue weighted by molar-refractivity contribution is 0.110. The lowest BCUT2D eigenvalue weighted by atomic mass is 10.2. The molecule has 0 saturated heterocycles. The third-order valence-corrected chi connectivity index (χ3v) is 1.60. The number of aromatic nitrogens is 2. The fourth-order valence-corrected chi connectivity index (χ4v) is 0.975. The molecule has 1 rings (SSSR count). The maximum Gasteiger partial charge on any atom is 0.0973 e. The molecule has 0 amide bonds. The van der Waals surface area contributed by atoms with Gasteiger partial charge in [-0.25, -0.2) is 0 Å². The van der Waals surface area contributed by atoms with Crippen LogP contribution in [-0.2, 0) is 11.8 Å². The van der Waals surface area contributed by atoms with Gasteiger partial charge in [0.15, 0.2) is 0 Å². The number of ether oxygens (including phenoxy) is 1. The van der Waals surface area contributed by atoms with Crippen molar-refractivity contribution >= 4 is 0 Å². The Morgan fingerprint density at radius 1 is 1.82 bits per heavy atom. The Kier molecular flexibility index (Phi) is 2.62. The van der Waals surface area contributed by atoms with E-state index in [4.69, 9.17) is 10.5 Å². The summed E-state index contributed by atoms with van der Waals surface area (Å²) in [4.78, 5) is 0. The van der Waals surface area contributed by atoms with Crippen LogP contribution in [0.3, 0.4) is 0 Å². The van der Waals surface area contributed by atoms with Crippen LogP contribution in [-0.4, -0.2) is 23.4 Å². The van der Waals surface area contributed by atoms with Crippen molar-refractivity contribution in [3.8, 4) is 0 Å². The van der Waals surface area contributed by atoms with Crippen molar-refractivity contribution in [1.82, 2.24) is 9.78 Å². The lowest BCUT2D eigenvalue weighted by Gasteiger charge is -2.08. The Labute approximate surface area is 66.0 Å². The smallest absolute Gasteiger partial charge is 0.0973 e. The standard InChI is InChI=1S/C7H13N3O/c1-10-5-6(4-9-10)7(3-8)11-2/h4-5,7H,3,8H2,1-2H3. The van der Waals surface area contributed by atoms with E-state index < -0.39 is 0 Å². The number of aryl methyl sites for hydroxylation is 1. The van der Waals surface area contributed by atoms with E-state index >= 15 is 0 Å². The first-order chi connectivity index (χ1) is 5.27. The van der Waals surface area contributed by atoms with Crippen LogP contribution in [0.1, 0.15) is 11.7 Å². The third kappa shape index (κ3) is 1.78. The van der Waals surface area contributed by atoms with Crippen molar-refractivity contribution in [2.24, 2.45) is 12.8 Å². The normalized spacial score (nSPS) is 13.4. The van der Waals surface area contributed by atoms with Gasteiger partial charge >= 0.3 is 0 Å². The fraction of sp³-hybridized carbons (Fsp3) is 0.571. The average molecular weight is 155 g/mol. The van der Waals surface area contributed by atoms with Gasteiger partial charge in [-0.05, 0) is 0 Å². The van der Waals surface area contributed by atoms with E-state index in [2.05, 4.69) is 5.10 Å². The highest BCUT2D eigenvalue weighted by Gasteiger charge is 2.08. The van der Waals surface area contributed by atoms with Crippen LogP contribution in [0.5, 0.6) is 0 Å². The summed E-state index contributed by atoms with van der Waals surface area (Å²) in [6, 6.07) is 0. The predicted molar refractivity (Wildman–Crippen MR) is 42.0 cm³/mol. The monoisotopic (exact) mass is 155 g/mol. The second kappa shape index (κ2) is 3.50. The highest BCUT2D eigenvalue weighted by molar-refractivity contribution is 5.08. The maximum absolute atomic E-state index is 5.46. The van der Waals surface area contributed by atoms with Crippen LogP contribution in [0.2, 0.25) is 0 Å². The van der Waals surface area contributed by atoms with Crippen LogP contribution in [0, 0.1) is 0 Å². The molecule has 0 bridgehead atoms. The van der Waals surface area contributed by atoms with E-state index in [1.807, 2.05) is 13.2 Å². The van der Waals surface area contributed by atoms with Crippen LogP contribution in [0.15, 0.2) is 12.4 Å². The van der Waals surface area contributed by atoms with E-state index in [0.717, 1.165) is 5.56 Å². The van der Waals surface area contributed by atoms with Gasteiger partial charge in [0.25, 0.3) is 0 Å². The molecule has 0 aliphatic heterocycles. The molecule has 11 heavy (non-hydrogen) atoms. The molecular weight excluding hydrogens is 142 g/mol. The molecule has 1 aromatic rings. The summed E-state index contributed by atoms with van der Waals surface area (Å²) in [5, 5.41) is 4.01. The molecule has 1 atom stereocenters. The molecule has 0 fully saturated rings. The van der Waals surface area contributed by atoms with Gasteiger partial charge in [-0.2, -0.15) is 5.10 Å². The molecule has 0 spiro atoms. The molecule has 62 valence electrons. The van der Waals surface area contributed by atoms with E-state index in [1.54, 1.807) is 18.0 Å². The van der Waals surface area contributed by atoms with Gasteiger partial charge in [0.1, 0.15) is 0 Å². The van der Waals surface area contributed by atoms with Gasteiger partial charge < -0.3 is 10.5 Å². The summed E-state index contributed by atoms with van der Waals surface area (Å²) in [7, 11) is 3.51. The predicted octanol–water partition coefficient (Wildman–Crippen LogP) is 0.0663. The van der Waals surface area contributed by atoms with Crippen molar-refractivity contribution in [2.45, 2.75) is 6.10 Å². The second-order valence-corrected chi connectivity index (χ2v) is 2.41. The minimum Gasteiger partial charge on any atom is -0.375 e. The van der Waals surface area contributed by atoms with Crippen LogP contribution in [0.25, 0.3) is 0 Å². The van der Waals surface area contributed by atoms with Crippen molar-refractivity contribution < 1.29 is 4.74 Å². The third-order valence-electron chi connectivity index (χ3n) is 1.60. The summed E-state index contributed by atoms with van der Waals surface area (Å²) in [5.41, 5.74) is 6.49.